The van der Waals surface area contributed by atoms with Crippen LogP contribution in [0.3, 0.4) is 0 Å². The molecule has 1 aromatic carbocycles. The van der Waals surface area contributed by atoms with Crippen molar-refractivity contribution in [2.24, 2.45) is 11.8 Å². The molecule has 146 valence electrons. The molecule has 2 fully saturated rings. The quantitative estimate of drug-likeness (QED) is 0.522. The fourth-order valence-corrected chi connectivity index (χ4v) is 4.54. The van der Waals surface area contributed by atoms with Crippen LogP contribution in [0.25, 0.3) is 5.52 Å². The van der Waals surface area contributed by atoms with Crippen LogP contribution in [0.15, 0.2) is 52.2 Å². The van der Waals surface area contributed by atoms with E-state index < -0.39 is 0 Å². The fourth-order valence-electron chi connectivity index (χ4n) is 4.54. The van der Waals surface area contributed by atoms with Crippen LogP contribution in [-0.2, 0) is 6.54 Å². The van der Waals surface area contributed by atoms with E-state index in [4.69, 9.17) is 4.52 Å². The van der Waals surface area contributed by atoms with Crippen molar-refractivity contribution < 1.29 is 4.52 Å². The summed E-state index contributed by atoms with van der Waals surface area (Å²) in [5, 5.41) is 12.4. The van der Waals surface area contributed by atoms with Crippen molar-refractivity contribution in [1.29, 1.82) is 0 Å². The number of hydrogen-bond acceptors (Lipinski definition) is 7. The minimum atomic E-state index is -0.170. The standard InChI is InChI=1S/C20H19N7O2/c1-12-7-21-27-18(12)20(28)26(11-22-27)10-16-23-19(24-29-16)17-14-8-25(9-15(14)17)13-5-3-2-4-6-13/h2-7,11,14-15,17H,8-10H2,1H3/t14-,15?,17?/m1/s1. The molecule has 6 rings (SSSR count). The van der Waals surface area contributed by atoms with Gasteiger partial charge in [0.2, 0.25) is 5.89 Å². The molecule has 0 N–H and O–H groups in total. The third kappa shape index (κ3) is 2.57. The van der Waals surface area contributed by atoms with E-state index in [1.54, 1.807) is 6.20 Å². The van der Waals surface area contributed by atoms with Crippen molar-refractivity contribution in [3.63, 3.8) is 0 Å². The summed E-state index contributed by atoms with van der Waals surface area (Å²) >= 11 is 0. The van der Waals surface area contributed by atoms with Crippen molar-refractivity contribution in [3.8, 4) is 0 Å². The Morgan fingerprint density at radius 2 is 1.93 bits per heavy atom. The fraction of sp³-hybridized carbons (Fsp3) is 0.350. The molecular formula is C20H19N7O2. The molecule has 1 saturated heterocycles. The molecule has 0 radical (unpaired) electrons. The minimum Gasteiger partial charge on any atom is -0.371 e. The first kappa shape index (κ1) is 16.5. The average molecular weight is 389 g/mol. The van der Waals surface area contributed by atoms with Crippen LogP contribution in [0, 0.1) is 18.8 Å². The van der Waals surface area contributed by atoms with Crippen LogP contribution in [0.1, 0.15) is 23.2 Å². The second kappa shape index (κ2) is 6.00. The van der Waals surface area contributed by atoms with E-state index in [-0.39, 0.29) is 12.1 Å². The lowest BCUT2D eigenvalue weighted by molar-refractivity contribution is 0.363. The average Bonchev–Trinajstić information content (AvgIpc) is 3.16. The summed E-state index contributed by atoms with van der Waals surface area (Å²) in [6.45, 7) is 4.08. The van der Waals surface area contributed by atoms with Crippen LogP contribution in [0.4, 0.5) is 5.69 Å². The highest BCUT2D eigenvalue weighted by atomic mass is 16.5. The van der Waals surface area contributed by atoms with Gasteiger partial charge >= 0.3 is 0 Å². The molecule has 3 atom stereocenters. The first-order valence-corrected chi connectivity index (χ1v) is 9.71. The predicted octanol–water partition coefficient (Wildman–Crippen LogP) is 1.48. The van der Waals surface area contributed by atoms with Crippen molar-refractivity contribution in [2.45, 2.75) is 19.4 Å². The number of hydrogen-bond donors (Lipinski definition) is 0. The van der Waals surface area contributed by atoms with Gasteiger partial charge in [0.1, 0.15) is 12.9 Å². The summed E-state index contributed by atoms with van der Waals surface area (Å²) in [5.74, 6) is 2.66. The molecule has 1 saturated carbocycles. The first-order valence-electron chi connectivity index (χ1n) is 9.71. The molecule has 0 amide bonds. The molecule has 9 nitrogen and oxygen atoms in total. The molecule has 4 heterocycles. The van der Waals surface area contributed by atoms with Gasteiger partial charge in [-0.2, -0.15) is 10.1 Å². The van der Waals surface area contributed by atoms with E-state index in [1.165, 1.54) is 21.2 Å². The highest BCUT2D eigenvalue weighted by Gasteiger charge is 2.58. The van der Waals surface area contributed by atoms with E-state index in [0.717, 1.165) is 24.5 Å². The second-order valence-corrected chi connectivity index (χ2v) is 7.87. The number of nitrogens with zero attached hydrogens (tertiary/aromatic N) is 7. The summed E-state index contributed by atoms with van der Waals surface area (Å²) in [5.41, 5.74) is 2.35. The van der Waals surface area contributed by atoms with Gasteiger partial charge in [0.05, 0.1) is 6.20 Å². The summed E-state index contributed by atoms with van der Waals surface area (Å²) in [7, 11) is 0. The van der Waals surface area contributed by atoms with E-state index in [0.29, 0.717) is 29.2 Å². The lowest BCUT2D eigenvalue weighted by Gasteiger charge is -2.21. The SMILES string of the molecule is Cc1cnn2ncn(Cc3nc(C4C5CN(c6ccccc6)C[C@H]54)no3)c(=O)c12. The summed E-state index contributed by atoms with van der Waals surface area (Å²) in [4.78, 5) is 19.7. The van der Waals surface area contributed by atoms with Crippen LogP contribution < -0.4 is 10.5 Å². The zero-order valence-corrected chi connectivity index (χ0v) is 15.8. The Labute approximate surface area is 165 Å². The van der Waals surface area contributed by atoms with Gasteiger partial charge in [-0.05, 0) is 30.9 Å². The highest BCUT2D eigenvalue weighted by molar-refractivity contribution is 5.50. The van der Waals surface area contributed by atoms with Crippen LogP contribution in [-0.4, -0.2) is 42.6 Å². The van der Waals surface area contributed by atoms with Crippen LogP contribution in [0.2, 0.25) is 0 Å². The molecule has 2 unspecified atom stereocenters. The predicted molar refractivity (Wildman–Crippen MR) is 104 cm³/mol. The second-order valence-electron chi connectivity index (χ2n) is 7.87. The summed E-state index contributed by atoms with van der Waals surface area (Å²) in [6, 6.07) is 10.5. The maximum atomic E-state index is 12.7. The number of para-hydroxylation sites is 1. The van der Waals surface area contributed by atoms with Gasteiger partial charge in [0.25, 0.3) is 5.56 Å². The maximum Gasteiger partial charge on any atom is 0.280 e. The molecule has 4 aromatic rings. The lowest BCUT2D eigenvalue weighted by atomic mass is 10.2. The maximum absolute atomic E-state index is 12.7. The number of aryl methyl sites for hydroxylation is 1. The Hall–Kier alpha value is -3.49. The molecule has 0 spiro atoms. The van der Waals surface area contributed by atoms with Gasteiger partial charge in [0.15, 0.2) is 11.3 Å². The molecule has 29 heavy (non-hydrogen) atoms. The monoisotopic (exact) mass is 389 g/mol. The number of piperidine rings is 1. The summed E-state index contributed by atoms with van der Waals surface area (Å²) in [6.07, 6.45) is 3.08. The molecule has 9 heteroatoms. The Morgan fingerprint density at radius 3 is 2.72 bits per heavy atom. The number of benzene rings is 1. The van der Waals surface area contributed by atoms with Crippen molar-refractivity contribution in [2.75, 3.05) is 18.0 Å². The van der Waals surface area contributed by atoms with Gasteiger partial charge in [0, 0.05) is 30.3 Å². The topological polar surface area (TPSA) is 94.4 Å². The highest BCUT2D eigenvalue weighted by Crippen LogP contribution is 2.57. The molecule has 0 bridgehead atoms. The smallest absolute Gasteiger partial charge is 0.280 e. The largest absolute Gasteiger partial charge is 0.371 e. The Balaban J connectivity index is 1.18. The number of rotatable bonds is 4. The van der Waals surface area contributed by atoms with E-state index in [9.17, 15) is 4.79 Å². The van der Waals surface area contributed by atoms with Crippen LogP contribution >= 0.6 is 0 Å². The van der Waals surface area contributed by atoms with E-state index in [2.05, 4.69) is 49.5 Å². The number of fused-ring (bicyclic) bond motifs is 2. The summed E-state index contributed by atoms with van der Waals surface area (Å²) < 4.78 is 8.26. The number of anilines is 1. The molecule has 2 aliphatic rings. The zero-order chi connectivity index (χ0) is 19.5. The van der Waals surface area contributed by atoms with Gasteiger partial charge in [-0.25, -0.2) is 0 Å². The third-order valence-corrected chi connectivity index (χ3v) is 6.10. The van der Waals surface area contributed by atoms with Crippen molar-refractivity contribution >= 4 is 11.2 Å². The first-order chi connectivity index (χ1) is 14.2. The van der Waals surface area contributed by atoms with E-state index in [1.807, 2.05) is 13.0 Å². The van der Waals surface area contributed by atoms with Gasteiger partial charge in [-0.3, -0.25) is 9.36 Å². The molecular weight excluding hydrogens is 370 g/mol. The Bertz CT molecular complexity index is 1250. The van der Waals surface area contributed by atoms with Crippen molar-refractivity contribution in [3.05, 3.63) is 70.5 Å². The lowest BCUT2D eigenvalue weighted by Crippen LogP contribution is -2.24. The molecule has 3 aromatic heterocycles. The normalized spacial score (nSPS) is 22.9. The molecule has 1 aliphatic heterocycles. The van der Waals surface area contributed by atoms with E-state index >= 15 is 0 Å². The Morgan fingerprint density at radius 1 is 1.14 bits per heavy atom. The minimum absolute atomic E-state index is 0.170. The third-order valence-electron chi connectivity index (χ3n) is 6.10. The Kier molecular flexibility index (Phi) is 3.41. The number of aromatic nitrogens is 6. The van der Waals surface area contributed by atoms with Gasteiger partial charge in [-0.15, -0.1) is 9.73 Å². The zero-order valence-electron chi connectivity index (χ0n) is 15.8. The van der Waals surface area contributed by atoms with Gasteiger partial charge in [-0.1, -0.05) is 23.4 Å². The van der Waals surface area contributed by atoms with Crippen LogP contribution in [0.5, 0.6) is 0 Å². The van der Waals surface area contributed by atoms with Crippen molar-refractivity contribution in [1.82, 2.24) is 29.5 Å². The molecule has 1 aliphatic carbocycles. The van der Waals surface area contributed by atoms with Gasteiger partial charge < -0.3 is 9.42 Å².